The molecule has 2 aromatic rings. The normalized spacial score (nSPS) is 11.7. The van der Waals surface area contributed by atoms with Gasteiger partial charge in [0.15, 0.2) is 0 Å². The Hall–Kier alpha value is -1.72. The Kier molecular flexibility index (Phi) is 4.87. The van der Waals surface area contributed by atoms with E-state index >= 15 is 0 Å². The van der Waals surface area contributed by atoms with Gasteiger partial charge in [0, 0.05) is 11.0 Å². The van der Waals surface area contributed by atoms with Crippen LogP contribution in [0.2, 0.25) is 0 Å². The second-order valence-electron chi connectivity index (χ2n) is 4.06. The summed E-state index contributed by atoms with van der Waals surface area (Å²) in [7, 11) is 0. The molecule has 0 radical (unpaired) electrons. The van der Waals surface area contributed by atoms with Crippen LogP contribution in [0, 0.1) is 11.3 Å². The van der Waals surface area contributed by atoms with Gasteiger partial charge in [0.1, 0.15) is 0 Å². The lowest BCUT2D eigenvalue weighted by Crippen LogP contribution is -1.93. The van der Waals surface area contributed by atoms with Gasteiger partial charge in [0.05, 0.1) is 12.5 Å². The summed E-state index contributed by atoms with van der Waals surface area (Å²) < 4.78 is 0. The van der Waals surface area contributed by atoms with E-state index in [-0.39, 0.29) is 5.25 Å². The minimum absolute atomic E-state index is 0.261. The molecule has 0 aliphatic rings. The molecular weight excluding hydrogens is 238 g/mol. The summed E-state index contributed by atoms with van der Waals surface area (Å²) in [5.41, 5.74) is 2.54. The van der Waals surface area contributed by atoms with E-state index in [1.807, 2.05) is 36.0 Å². The maximum absolute atomic E-state index is 8.93. The molecule has 0 aromatic heterocycles. The fraction of sp³-hybridized carbons (Fsp3) is 0.188. The Labute approximate surface area is 112 Å². The highest BCUT2D eigenvalue weighted by Crippen LogP contribution is 2.33. The third-order valence-electron chi connectivity index (χ3n) is 2.74. The van der Waals surface area contributed by atoms with Crippen LogP contribution in [-0.2, 0) is 5.75 Å². The molecule has 1 atom stereocenters. The van der Waals surface area contributed by atoms with Crippen molar-refractivity contribution < 1.29 is 0 Å². The Morgan fingerprint density at radius 3 is 2.17 bits per heavy atom. The summed E-state index contributed by atoms with van der Waals surface area (Å²) in [4.78, 5) is 0. The first-order chi connectivity index (χ1) is 8.90. The van der Waals surface area contributed by atoms with E-state index in [4.69, 9.17) is 5.26 Å². The van der Waals surface area contributed by atoms with Crippen molar-refractivity contribution in [3.8, 4) is 6.07 Å². The standard InChI is InChI=1S/C16H15NS/c17-12-11-16(15-9-5-2-6-10-15)18-13-14-7-3-1-4-8-14/h1-10,16H,11,13H2. The molecule has 0 N–H and O–H groups in total. The number of hydrogen-bond donors (Lipinski definition) is 0. The lowest BCUT2D eigenvalue weighted by atomic mass is 10.1. The maximum Gasteiger partial charge on any atom is 0.0636 e. The van der Waals surface area contributed by atoms with Crippen molar-refractivity contribution in [2.45, 2.75) is 17.4 Å². The van der Waals surface area contributed by atoms with E-state index < -0.39 is 0 Å². The highest BCUT2D eigenvalue weighted by Gasteiger charge is 2.11. The van der Waals surface area contributed by atoms with Crippen molar-refractivity contribution >= 4 is 11.8 Å². The largest absolute Gasteiger partial charge is 0.198 e. The monoisotopic (exact) mass is 253 g/mol. The fourth-order valence-electron chi connectivity index (χ4n) is 1.79. The van der Waals surface area contributed by atoms with E-state index in [1.54, 1.807) is 0 Å². The van der Waals surface area contributed by atoms with Crippen molar-refractivity contribution in [1.82, 2.24) is 0 Å². The van der Waals surface area contributed by atoms with Crippen LogP contribution < -0.4 is 0 Å². The Morgan fingerprint density at radius 1 is 0.944 bits per heavy atom. The number of rotatable bonds is 5. The molecule has 0 spiro atoms. The highest BCUT2D eigenvalue weighted by molar-refractivity contribution is 7.98. The first kappa shape index (κ1) is 12.7. The van der Waals surface area contributed by atoms with Gasteiger partial charge in [-0.2, -0.15) is 5.26 Å². The molecule has 0 aliphatic carbocycles. The molecule has 0 saturated carbocycles. The molecule has 2 heteroatoms. The molecule has 0 fully saturated rings. The second-order valence-corrected chi connectivity index (χ2v) is 5.25. The van der Waals surface area contributed by atoms with E-state index in [9.17, 15) is 0 Å². The van der Waals surface area contributed by atoms with Gasteiger partial charge in [0.2, 0.25) is 0 Å². The molecule has 90 valence electrons. The highest BCUT2D eigenvalue weighted by atomic mass is 32.2. The molecule has 0 amide bonds. The van der Waals surface area contributed by atoms with Crippen molar-refractivity contribution in [3.05, 3.63) is 71.8 Å². The average Bonchev–Trinajstić information content (AvgIpc) is 2.45. The Bertz CT molecular complexity index is 502. The summed E-state index contributed by atoms with van der Waals surface area (Å²) in [6, 6.07) is 22.9. The van der Waals surface area contributed by atoms with Crippen LogP contribution in [0.25, 0.3) is 0 Å². The van der Waals surface area contributed by atoms with Gasteiger partial charge in [-0.05, 0) is 11.1 Å². The SMILES string of the molecule is N#CCC(SCc1ccccc1)c1ccccc1. The van der Waals surface area contributed by atoms with Gasteiger partial charge in [0.25, 0.3) is 0 Å². The first-order valence-electron chi connectivity index (χ1n) is 5.97. The summed E-state index contributed by atoms with van der Waals surface area (Å²) in [6.07, 6.45) is 0.557. The van der Waals surface area contributed by atoms with Crippen LogP contribution in [0.4, 0.5) is 0 Å². The maximum atomic E-state index is 8.93. The molecule has 2 aromatic carbocycles. The predicted molar refractivity (Wildman–Crippen MR) is 77.2 cm³/mol. The van der Waals surface area contributed by atoms with Gasteiger partial charge in [-0.3, -0.25) is 0 Å². The lowest BCUT2D eigenvalue weighted by molar-refractivity contribution is 0.977. The smallest absolute Gasteiger partial charge is 0.0636 e. The van der Waals surface area contributed by atoms with E-state index in [2.05, 4.69) is 42.5 Å². The van der Waals surface area contributed by atoms with Crippen molar-refractivity contribution in [2.24, 2.45) is 0 Å². The zero-order chi connectivity index (χ0) is 12.6. The minimum atomic E-state index is 0.261. The zero-order valence-electron chi connectivity index (χ0n) is 10.1. The predicted octanol–water partition coefficient (Wildman–Crippen LogP) is 4.57. The molecule has 0 heterocycles. The van der Waals surface area contributed by atoms with Crippen LogP contribution in [0.5, 0.6) is 0 Å². The third-order valence-corrected chi connectivity index (χ3v) is 4.08. The van der Waals surface area contributed by atoms with Crippen molar-refractivity contribution in [3.63, 3.8) is 0 Å². The van der Waals surface area contributed by atoms with Crippen LogP contribution in [0.15, 0.2) is 60.7 Å². The van der Waals surface area contributed by atoms with Crippen LogP contribution >= 0.6 is 11.8 Å². The third kappa shape index (κ3) is 3.65. The van der Waals surface area contributed by atoms with Crippen molar-refractivity contribution in [1.29, 1.82) is 5.26 Å². The van der Waals surface area contributed by atoms with E-state index in [0.29, 0.717) is 6.42 Å². The van der Waals surface area contributed by atoms with Crippen LogP contribution in [0.1, 0.15) is 22.8 Å². The Balaban J connectivity index is 2.02. The van der Waals surface area contributed by atoms with Crippen molar-refractivity contribution in [2.75, 3.05) is 0 Å². The molecule has 1 unspecified atom stereocenters. The lowest BCUT2D eigenvalue weighted by Gasteiger charge is -2.13. The Morgan fingerprint density at radius 2 is 1.56 bits per heavy atom. The number of thioether (sulfide) groups is 1. The van der Waals surface area contributed by atoms with Gasteiger partial charge in [-0.25, -0.2) is 0 Å². The van der Waals surface area contributed by atoms with Gasteiger partial charge < -0.3 is 0 Å². The quantitative estimate of drug-likeness (QED) is 0.779. The van der Waals surface area contributed by atoms with E-state index in [1.165, 1.54) is 11.1 Å². The molecule has 1 nitrogen and oxygen atoms in total. The molecule has 0 aliphatic heterocycles. The minimum Gasteiger partial charge on any atom is -0.198 e. The van der Waals surface area contributed by atoms with Gasteiger partial charge in [-0.1, -0.05) is 60.7 Å². The zero-order valence-corrected chi connectivity index (χ0v) is 10.9. The van der Waals surface area contributed by atoms with Crippen LogP contribution in [-0.4, -0.2) is 0 Å². The van der Waals surface area contributed by atoms with Gasteiger partial charge in [-0.15, -0.1) is 11.8 Å². The second kappa shape index (κ2) is 6.88. The van der Waals surface area contributed by atoms with Crippen LogP contribution in [0.3, 0.4) is 0 Å². The molecule has 18 heavy (non-hydrogen) atoms. The topological polar surface area (TPSA) is 23.8 Å². The fourth-order valence-corrected chi connectivity index (χ4v) is 2.92. The molecular formula is C16H15NS. The molecule has 0 bridgehead atoms. The molecule has 0 saturated heterocycles. The van der Waals surface area contributed by atoms with Gasteiger partial charge >= 0.3 is 0 Å². The van der Waals surface area contributed by atoms with E-state index in [0.717, 1.165) is 5.75 Å². The average molecular weight is 253 g/mol. The summed E-state index contributed by atoms with van der Waals surface area (Å²) in [6.45, 7) is 0. The summed E-state index contributed by atoms with van der Waals surface area (Å²) in [5, 5.41) is 9.19. The first-order valence-corrected chi connectivity index (χ1v) is 7.02. The number of benzene rings is 2. The number of hydrogen-bond acceptors (Lipinski definition) is 2. The summed E-state index contributed by atoms with van der Waals surface area (Å²) in [5.74, 6) is 0.947. The summed E-state index contributed by atoms with van der Waals surface area (Å²) >= 11 is 1.83. The molecule has 2 rings (SSSR count). The number of nitrogens with zero attached hydrogens (tertiary/aromatic N) is 1. The number of nitriles is 1.